The van der Waals surface area contributed by atoms with E-state index in [9.17, 15) is 0 Å². The molecule has 1 atom stereocenters. The molecule has 0 amide bonds. The standard InChI is InChI=1S/C29H42ClNO2/c1-4-5-6-7-8-9-10-11-12-17-27-25-21-29(33-3)28(32-2)20-23(25)18-19-31(27)22-24-15-13-14-16-26(24)30/h13-16,20-21,27H,4-12,17-19,22H2,1-3H3. The molecule has 0 aliphatic carbocycles. The molecule has 2 aromatic rings. The summed E-state index contributed by atoms with van der Waals surface area (Å²) < 4.78 is 11.2. The van der Waals surface area contributed by atoms with Crippen molar-refractivity contribution in [1.82, 2.24) is 4.90 Å². The summed E-state index contributed by atoms with van der Waals surface area (Å²) in [5.41, 5.74) is 4.00. The van der Waals surface area contributed by atoms with E-state index in [0.29, 0.717) is 6.04 Å². The number of fused-ring (bicyclic) bond motifs is 1. The highest BCUT2D eigenvalue weighted by molar-refractivity contribution is 6.31. The van der Waals surface area contributed by atoms with E-state index in [0.717, 1.165) is 36.0 Å². The molecule has 33 heavy (non-hydrogen) atoms. The molecular formula is C29H42ClNO2. The number of nitrogens with zero attached hydrogens (tertiary/aromatic N) is 1. The van der Waals surface area contributed by atoms with Crippen LogP contribution < -0.4 is 9.47 Å². The molecule has 0 saturated carbocycles. The van der Waals surface area contributed by atoms with Crippen molar-refractivity contribution in [2.24, 2.45) is 0 Å². The van der Waals surface area contributed by atoms with Gasteiger partial charge in [-0.25, -0.2) is 0 Å². The first-order chi connectivity index (χ1) is 16.2. The quantitative estimate of drug-likeness (QED) is 0.258. The van der Waals surface area contributed by atoms with Crippen LogP contribution in [0.2, 0.25) is 5.02 Å². The molecule has 182 valence electrons. The SMILES string of the molecule is CCCCCCCCCCCC1c2cc(OC)c(OC)cc2CCN1Cc1ccccc1Cl. The fraction of sp³-hybridized carbons (Fsp3) is 0.586. The molecule has 0 fully saturated rings. The van der Waals surface area contributed by atoms with Gasteiger partial charge in [0.25, 0.3) is 0 Å². The molecule has 0 saturated heterocycles. The van der Waals surface area contributed by atoms with Gasteiger partial charge in [-0.05, 0) is 47.7 Å². The third kappa shape index (κ3) is 7.39. The second kappa shape index (κ2) is 13.9. The molecule has 3 rings (SSSR count). The highest BCUT2D eigenvalue weighted by Crippen LogP contribution is 2.41. The van der Waals surface area contributed by atoms with E-state index in [1.54, 1.807) is 14.2 Å². The van der Waals surface area contributed by atoms with E-state index in [1.165, 1.54) is 80.9 Å². The van der Waals surface area contributed by atoms with Crippen LogP contribution in [0.1, 0.15) is 93.9 Å². The van der Waals surface area contributed by atoms with Gasteiger partial charge in [0.05, 0.1) is 14.2 Å². The molecule has 0 bridgehead atoms. The van der Waals surface area contributed by atoms with E-state index in [1.807, 2.05) is 12.1 Å². The molecular weight excluding hydrogens is 430 g/mol. The summed E-state index contributed by atoms with van der Waals surface area (Å²) in [4.78, 5) is 2.61. The Balaban J connectivity index is 1.67. The Bertz CT molecular complexity index is 854. The van der Waals surface area contributed by atoms with Crippen molar-refractivity contribution in [3.8, 4) is 11.5 Å². The van der Waals surface area contributed by atoms with Crippen molar-refractivity contribution < 1.29 is 9.47 Å². The largest absolute Gasteiger partial charge is 0.493 e. The molecule has 1 aliphatic rings. The Kier molecular flexibility index (Phi) is 10.9. The van der Waals surface area contributed by atoms with Gasteiger partial charge in [-0.3, -0.25) is 4.90 Å². The third-order valence-corrected chi connectivity index (χ3v) is 7.39. The predicted octanol–water partition coefficient (Wildman–Crippen LogP) is 8.38. The van der Waals surface area contributed by atoms with Crippen molar-refractivity contribution >= 4 is 11.6 Å². The minimum absolute atomic E-state index is 0.384. The van der Waals surface area contributed by atoms with E-state index in [2.05, 4.69) is 36.1 Å². The lowest BCUT2D eigenvalue weighted by molar-refractivity contribution is 0.163. The second-order valence-electron chi connectivity index (χ2n) is 9.35. The van der Waals surface area contributed by atoms with Crippen LogP contribution in [-0.2, 0) is 13.0 Å². The normalized spacial score (nSPS) is 15.9. The average Bonchev–Trinajstić information content (AvgIpc) is 2.84. The van der Waals surface area contributed by atoms with E-state index >= 15 is 0 Å². The van der Waals surface area contributed by atoms with Gasteiger partial charge in [0.2, 0.25) is 0 Å². The van der Waals surface area contributed by atoms with Gasteiger partial charge in [0, 0.05) is 24.2 Å². The highest BCUT2D eigenvalue weighted by Gasteiger charge is 2.29. The average molecular weight is 472 g/mol. The first-order valence-corrected chi connectivity index (χ1v) is 13.3. The maximum Gasteiger partial charge on any atom is 0.161 e. The Morgan fingerprint density at radius 1 is 0.879 bits per heavy atom. The topological polar surface area (TPSA) is 21.7 Å². The fourth-order valence-electron chi connectivity index (χ4n) is 5.10. The Morgan fingerprint density at radius 3 is 2.18 bits per heavy atom. The molecule has 0 aromatic heterocycles. The number of ether oxygens (including phenoxy) is 2. The maximum atomic E-state index is 6.52. The molecule has 0 N–H and O–H groups in total. The molecule has 0 radical (unpaired) electrons. The van der Waals surface area contributed by atoms with Gasteiger partial charge in [-0.15, -0.1) is 0 Å². The zero-order valence-electron chi connectivity index (χ0n) is 20.9. The summed E-state index contributed by atoms with van der Waals surface area (Å²) in [5.74, 6) is 1.66. The lowest BCUT2D eigenvalue weighted by Gasteiger charge is -2.38. The number of rotatable bonds is 14. The second-order valence-corrected chi connectivity index (χ2v) is 9.76. The van der Waals surface area contributed by atoms with E-state index in [4.69, 9.17) is 21.1 Å². The van der Waals surface area contributed by atoms with Crippen LogP contribution in [0.25, 0.3) is 0 Å². The number of hydrogen-bond donors (Lipinski definition) is 0. The van der Waals surface area contributed by atoms with Gasteiger partial charge in [-0.1, -0.05) is 94.5 Å². The molecule has 0 spiro atoms. The molecule has 3 nitrogen and oxygen atoms in total. The predicted molar refractivity (Wildman–Crippen MR) is 140 cm³/mol. The van der Waals surface area contributed by atoms with Crippen molar-refractivity contribution in [2.75, 3.05) is 20.8 Å². The smallest absolute Gasteiger partial charge is 0.161 e. The third-order valence-electron chi connectivity index (χ3n) is 7.03. The van der Waals surface area contributed by atoms with Crippen LogP contribution in [0.5, 0.6) is 11.5 Å². The van der Waals surface area contributed by atoms with Crippen LogP contribution in [0.4, 0.5) is 0 Å². The van der Waals surface area contributed by atoms with Crippen LogP contribution >= 0.6 is 11.6 Å². The summed E-state index contributed by atoms with van der Waals surface area (Å²) >= 11 is 6.52. The van der Waals surface area contributed by atoms with Crippen molar-refractivity contribution in [2.45, 2.75) is 90.1 Å². The van der Waals surface area contributed by atoms with E-state index < -0.39 is 0 Å². The van der Waals surface area contributed by atoms with Gasteiger partial charge in [-0.2, -0.15) is 0 Å². The van der Waals surface area contributed by atoms with Gasteiger partial charge < -0.3 is 9.47 Å². The molecule has 2 aromatic carbocycles. The molecule has 1 aliphatic heterocycles. The fourth-order valence-corrected chi connectivity index (χ4v) is 5.30. The van der Waals surface area contributed by atoms with Crippen molar-refractivity contribution in [3.05, 3.63) is 58.1 Å². The first-order valence-electron chi connectivity index (χ1n) is 12.9. The minimum Gasteiger partial charge on any atom is -0.493 e. The summed E-state index contributed by atoms with van der Waals surface area (Å²) in [6.45, 7) is 4.20. The zero-order chi connectivity index (χ0) is 23.5. The maximum absolute atomic E-state index is 6.52. The van der Waals surface area contributed by atoms with Crippen LogP contribution in [0, 0.1) is 0 Å². The summed E-state index contributed by atoms with van der Waals surface area (Å²) in [6, 6.07) is 13.0. The van der Waals surface area contributed by atoms with Crippen LogP contribution in [0.3, 0.4) is 0 Å². The Hall–Kier alpha value is -1.71. The summed E-state index contributed by atoms with van der Waals surface area (Å²) in [5, 5.41) is 0.859. The van der Waals surface area contributed by atoms with Crippen LogP contribution in [0.15, 0.2) is 36.4 Å². The first kappa shape index (κ1) is 25.9. The number of benzene rings is 2. The van der Waals surface area contributed by atoms with Gasteiger partial charge >= 0.3 is 0 Å². The zero-order valence-corrected chi connectivity index (χ0v) is 21.6. The Morgan fingerprint density at radius 2 is 1.52 bits per heavy atom. The van der Waals surface area contributed by atoms with Gasteiger partial charge in [0.15, 0.2) is 11.5 Å². The molecule has 1 heterocycles. The number of halogens is 1. The lowest BCUT2D eigenvalue weighted by atomic mass is 9.88. The number of hydrogen-bond acceptors (Lipinski definition) is 3. The van der Waals surface area contributed by atoms with Crippen LogP contribution in [-0.4, -0.2) is 25.7 Å². The number of unbranched alkanes of at least 4 members (excludes halogenated alkanes) is 8. The minimum atomic E-state index is 0.384. The monoisotopic (exact) mass is 471 g/mol. The lowest BCUT2D eigenvalue weighted by Crippen LogP contribution is -2.35. The van der Waals surface area contributed by atoms with E-state index in [-0.39, 0.29) is 0 Å². The Labute approximate surface area is 206 Å². The number of methoxy groups -OCH3 is 2. The summed E-state index contributed by atoms with van der Waals surface area (Å²) in [6.07, 6.45) is 14.4. The summed E-state index contributed by atoms with van der Waals surface area (Å²) in [7, 11) is 3.45. The highest BCUT2D eigenvalue weighted by atomic mass is 35.5. The van der Waals surface area contributed by atoms with Gasteiger partial charge in [0.1, 0.15) is 0 Å². The molecule has 1 unspecified atom stereocenters. The van der Waals surface area contributed by atoms with Crippen molar-refractivity contribution in [3.63, 3.8) is 0 Å². The van der Waals surface area contributed by atoms with Crippen molar-refractivity contribution in [1.29, 1.82) is 0 Å². The molecule has 4 heteroatoms.